The Labute approximate surface area is 178 Å². The molecule has 0 aliphatic carbocycles. The van der Waals surface area contributed by atoms with Gasteiger partial charge in [-0.2, -0.15) is 9.94 Å². The smallest absolute Gasteiger partial charge is 0.251 e. The first-order valence-corrected chi connectivity index (χ1v) is 11.0. The van der Waals surface area contributed by atoms with Crippen molar-refractivity contribution < 1.29 is 13.2 Å². The molecule has 30 heavy (non-hydrogen) atoms. The Morgan fingerprint density at radius 3 is 2.63 bits per heavy atom. The summed E-state index contributed by atoms with van der Waals surface area (Å²) in [5.74, 6) is 0.811. The Hall–Kier alpha value is -3.29. The van der Waals surface area contributed by atoms with Crippen molar-refractivity contribution in [1.82, 2.24) is 25.1 Å². The first kappa shape index (κ1) is 21.4. The zero-order valence-corrected chi connectivity index (χ0v) is 17.9. The number of hydrogen-bond acceptors (Lipinski definition) is 7. The normalized spacial score (nSPS) is 12.2. The Morgan fingerprint density at radius 1 is 1.30 bits per heavy atom. The van der Waals surface area contributed by atoms with Crippen molar-refractivity contribution in [3.05, 3.63) is 64.3 Å². The molecule has 1 amide bonds. The molecule has 11 heteroatoms. The van der Waals surface area contributed by atoms with Crippen LogP contribution in [0.25, 0.3) is 5.82 Å². The van der Waals surface area contributed by atoms with Crippen molar-refractivity contribution in [2.45, 2.75) is 24.8 Å². The summed E-state index contributed by atoms with van der Waals surface area (Å²) in [5.41, 5.74) is 0.509. The highest BCUT2D eigenvalue weighted by Crippen LogP contribution is 2.21. The molecule has 1 aromatic carbocycles. The zero-order chi connectivity index (χ0) is 22.1. The molecule has 2 aromatic heterocycles. The van der Waals surface area contributed by atoms with Crippen molar-refractivity contribution in [3.8, 4) is 11.9 Å². The van der Waals surface area contributed by atoms with Crippen LogP contribution in [-0.2, 0) is 9.84 Å². The monoisotopic (exact) mass is 444 g/mol. The number of carbonyl (C=O) groups is 1. The first-order chi connectivity index (χ1) is 14.1. The maximum atomic E-state index is 12.7. The lowest BCUT2D eigenvalue weighted by Crippen LogP contribution is -2.29. The standard InChI is InChI=1S/C19H17ClN6O3S/c1-11(23-19(27)14-6-15(20)8-16(7-14)30(3,28)29)18-24-12(2)25-26(18)17-5-4-13(9-21)10-22-17/h4-8,10-11H,1-3H3,(H,23,27)/t11-/m1/s1. The number of aromatic nitrogens is 4. The van der Waals surface area contributed by atoms with Crippen LogP contribution < -0.4 is 5.32 Å². The van der Waals surface area contributed by atoms with Crippen LogP contribution in [0.4, 0.5) is 0 Å². The van der Waals surface area contributed by atoms with E-state index in [0.717, 1.165) is 6.26 Å². The largest absolute Gasteiger partial charge is 0.342 e. The predicted molar refractivity (Wildman–Crippen MR) is 109 cm³/mol. The van der Waals surface area contributed by atoms with Gasteiger partial charge in [0, 0.05) is 23.0 Å². The fourth-order valence-corrected chi connectivity index (χ4v) is 3.69. The number of nitrogens with zero attached hydrogens (tertiary/aromatic N) is 5. The Kier molecular flexibility index (Phi) is 5.87. The average Bonchev–Trinajstić information content (AvgIpc) is 3.08. The molecule has 0 spiro atoms. The van der Waals surface area contributed by atoms with E-state index in [2.05, 4.69) is 20.4 Å². The highest BCUT2D eigenvalue weighted by molar-refractivity contribution is 7.90. The van der Waals surface area contributed by atoms with E-state index in [4.69, 9.17) is 16.9 Å². The molecule has 154 valence electrons. The number of aryl methyl sites for hydroxylation is 1. The third-order valence-electron chi connectivity index (χ3n) is 4.13. The molecule has 0 saturated heterocycles. The number of halogens is 1. The summed E-state index contributed by atoms with van der Waals surface area (Å²) in [6.45, 7) is 3.41. The second-order valence-electron chi connectivity index (χ2n) is 6.59. The van der Waals surface area contributed by atoms with Gasteiger partial charge < -0.3 is 5.32 Å². The Balaban J connectivity index is 1.90. The number of amides is 1. The van der Waals surface area contributed by atoms with E-state index in [-0.39, 0.29) is 15.5 Å². The van der Waals surface area contributed by atoms with Gasteiger partial charge in [0.25, 0.3) is 5.91 Å². The van der Waals surface area contributed by atoms with Crippen LogP contribution >= 0.6 is 11.6 Å². The number of carbonyl (C=O) groups excluding carboxylic acids is 1. The molecule has 0 aliphatic heterocycles. The quantitative estimate of drug-likeness (QED) is 0.639. The van der Waals surface area contributed by atoms with E-state index in [1.54, 1.807) is 26.0 Å². The van der Waals surface area contributed by atoms with Gasteiger partial charge in [0.1, 0.15) is 11.9 Å². The predicted octanol–water partition coefficient (Wildman–Crippen LogP) is 2.39. The number of sulfone groups is 1. The lowest BCUT2D eigenvalue weighted by molar-refractivity contribution is 0.0937. The van der Waals surface area contributed by atoms with Crippen LogP contribution in [0.3, 0.4) is 0 Å². The molecule has 0 bridgehead atoms. The molecular weight excluding hydrogens is 428 g/mol. The molecule has 0 unspecified atom stereocenters. The minimum atomic E-state index is -3.53. The minimum absolute atomic E-state index is 0.0476. The topological polar surface area (TPSA) is 131 Å². The van der Waals surface area contributed by atoms with Gasteiger partial charge in [-0.3, -0.25) is 4.79 Å². The number of nitrogens with one attached hydrogen (secondary N) is 1. The molecule has 0 radical (unpaired) electrons. The van der Waals surface area contributed by atoms with Crippen molar-refractivity contribution in [3.63, 3.8) is 0 Å². The number of benzene rings is 1. The number of hydrogen-bond donors (Lipinski definition) is 1. The van der Waals surface area contributed by atoms with Crippen LogP contribution in [0.1, 0.15) is 40.5 Å². The number of pyridine rings is 1. The molecule has 0 saturated carbocycles. The maximum absolute atomic E-state index is 12.7. The zero-order valence-electron chi connectivity index (χ0n) is 16.3. The van der Waals surface area contributed by atoms with Crippen LogP contribution in [0.5, 0.6) is 0 Å². The molecule has 0 fully saturated rings. The molecule has 2 heterocycles. The number of rotatable bonds is 5. The Bertz CT molecular complexity index is 1260. The highest BCUT2D eigenvalue weighted by atomic mass is 35.5. The molecule has 3 rings (SSSR count). The highest BCUT2D eigenvalue weighted by Gasteiger charge is 2.21. The van der Waals surface area contributed by atoms with E-state index < -0.39 is 21.8 Å². The molecule has 1 N–H and O–H groups in total. The Morgan fingerprint density at radius 2 is 2.03 bits per heavy atom. The fraction of sp³-hybridized carbons (Fsp3) is 0.211. The van der Waals surface area contributed by atoms with Crippen molar-refractivity contribution >= 4 is 27.3 Å². The summed E-state index contributed by atoms with van der Waals surface area (Å²) in [6, 6.07) is 8.57. The van der Waals surface area contributed by atoms with E-state index in [0.29, 0.717) is 23.0 Å². The van der Waals surface area contributed by atoms with Crippen LogP contribution in [0.2, 0.25) is 5.02 Å². The summed E-state index contributed by atoms with van der Waals surface area (Å²) in [6.07, 6.45) is 2.46. The molecule has 0 aliphatic rings. The molecule has 9 nitrogen and oxygen atoms in total. The van der Waals surface area contributed by atoms with Gasteiger partial charge in [0.05, 0.1) is 16.5 Å². The van der Waals surface area contributed by atoms with E-state index in [1.165, 1.54) is 29.1 Å². The summed E-state index contributed by atoms with van der Waals surface area (Å²) >= 11 is 5.98. The summed E-state index contributed by atoms with van der Waals surface area (Å²) in [5, 5.41) is 16.1. The van der Waals surface area contributed by atoms with E-state index in [9.17, 15) is 13.2 Å². The van der Waals surface area contributed by atoms with E-state index >= 15 is 0 Å². The fourth-order valence-electron chi connectivity index (χ4n) is 2.71. The third-order valence-corrected chi connectivity index (χ3v) is 5.44. The van der Waals surface area contributed by atoms with Gasteiger partial charge in [-0.05, 0) is 44.2 Å². The second kappa shape index (κ2) is 8.22. The number of nitriles is 1. The van der Waals surface area contributed by atoms with Gasteiger partial charge in [0.2, 0.25) is 0 Å². The third kappa shape index (κ3) is 4.64. The van der Waals surface area contributed by atoms with Gasteiger partial charge >= 0.3 is 0 Å². The maximum Gasteiger partial charge on any atom is 0.251 e. The second-order valence-corrected chi connectivity index (χ2v) is 9.04. The van der Waals surface area contributed by atoms with Gasteiger partial charge in [0.15, 0.2) is 21.5 Å². The lowest BCUT2D eigenvalue weighted by atomic mass is 10.2. The average molecular weight is 445 g/mol. The summed E-state index contributed by atoms with van der Waals surface area (Å²) in [7, 11) is -3.53. The lowest BCUT2D eigenvalue weighted by Gasteiger charge is -2.15. The van der Waals surface area contributed by atoms with Crippen LogP contribution in [-0.4, -0.2) is 40.3 Å². The SMILES string of the molecule is Cc1nc([C@@H](C)NC(=O)c2cc(Cl)cc(S(C)(=O)=O)c2)n(-c2ccc(C#N)cn2)n1. The van der Waals surface area contributed by atoms with Crippen molar-refractivity contribution in [2.75, 3.05) is 6.26 Å². The van der Waals surface area contributed by atoms with Gasteiger partial charge in [-0.1, -0.05) is 11.6 Å². The molecular formula is C19H17ClN6O3S. The van der Waals surface area contributed by atoms with Gasteiger partial charge in [-0.25, -0.2) is 18.4 Å². The van der Waals surface area contributed by atoms with Crippen molar-refractivity contribution in [1.29, 1.82) is 5.26 Å². The van der Waals surface area contributed by atoms with Crippen LogP contribution in [0.15, 0.2) is 41.4 Å². The first-order valence-electron chi connectivity index (χ1n) is 8.70. The van der Waals surface area contributed by atoms with Crippen LogP contribution in [0, 0.1) is 18.3 Å². The molecule has 3 aromatic rings. The molecule has 1 atom stereocenters. The summed E-state index contributed by atoms with van der Waals surface area (Å²) < 4.78 is 25.1. The minimum Gasteiger partial charge on any atom is -0.342 e. The van der Waals surface area contributed by atoms with E-state index in [1.807, 2.05) is 6.07 Å². The van der Waals surface area contributed by atoms with Gasteiger partial charge in [-0.15, -0.1) is 5.10 Å². The summed E-state index contributed by atoms with van der Waals surface area (Å²) in [4.78, 5) is 21.2. The van der Waals surface area contributed by atoms with Crippen molar-refractivity contribution in [2.24, 2.45) is 0 Å².